The molecule has 0 fully saturated rings. The lowest BCUT2D eigenvalue weighted by atomic mass is 10.3. The molecule has 10 heavy (non-hydrogen) atoms. The van der Waals surface area contributed by atoms with Crippen LogP contribution < -0.4 is 5.32 Å². The predicted molar refractivity (Wildman–Crippen MR) is 41.0 cm³/mol. The first-order chi connectivity index (χ1) is 4.66. The van der Waals surface area contributed by atoms with Crippen molar-refractivity contribution in [3.63, 3.8) is 0 Å². The monoisotopic (exact) mass is 147 g/mol. The molecule has 0 aromatic carbocycles. The Balaban J connectivity index is 3.12. The van der Waals surface area contributed by atoms with E-state index in [2.05, 4.69) is 5.32 Å². The molecule has 0 saturated carbocycles. The number of rotatable bonds is 5. The third-order valence-corrected chi connectivity index (χ3v) is 1.18. The van der Waals surface area contributed by atoms with Crippen LogP contribution in [0.15, 0.2) is 0 Å². The van der Waals surface area contributed by atoms with Gasteiger partial charge in [-0.2, -0.15) is 0 Å². The highest BCUT2D eigenvalue weighted by Gasteiger charge is 2.00. The van der Waals surface area contributed by atoms with Crippen molar-refractivity contribution in [3.05, 3.63) is 0 Å². The molecule has 62 valence electrons. The van der Waals surface area contributed by atoms with E-state index in [1.54, 1.807) is 14.0 Å². The van der Waals surface area contributed by atoms with Gasteiger partial charge in [-0.25, -0.2) is 0 Å². The maximum Gasteiger partial charge on any atom is 0.0636 e. The number of hydrogen-bond acceptors (Lipinski definition) is 3. The van der Waals surface area contributed by atoms with E-state index in [-0.39, 0.29) is 6.10 Å². The minimum Gasteiger partial charge on any atom is -0.392 e. The second kappa shape index (κ2) is 5.65. The van der Waals surface area contributed by atoms with Crippen LogP contribution in [-0.4, -0.2) is 37.5 Å². The highest BCUT2D eigenvalue weighted by molar-refractivity contribution is 4.60. The smallest absolute Gasteiger partial charge is 0.0636 e. The van der Waals surface area contributed by atoms with Gasteiger partial charge in [-0.3, -0.25) is 0 Å². The molecule has 0 aliphatic heterocycles. The van der Waals surface area contributed by atoms with Crippen molar-refractivity contribution in [3.8, 4) is 0 Å². The SMILES string of the molecule is COC[C@H](C)NC[C@@H](C)O. The largest absolute Gasteiger partial charge is 0.392 e. The Hall–Kier alpha value is -0.120. The van der Waals surface area contributed by atoms with E-state index in [0.717, 1.165) is 0 Å². The third kappa shape index (κ3) is 6.01. The molecule has 0 amide bonds. The van der Waals surface area contributed by atoms with Gasteiger partial charge in [0.2, 0.25) is 0 Å². The summed E-state index contributed by atoms with van der Waals surface area (Å²) in [6.07, 6.45) is -0.278. The van der Waals surface area contributed by atoms with Crippen molar-refractivity contribution in [2.45, 2.75) is 26.0 Å². The number of hydrogen-bond donors (Lipinski definition) is 2. The van der Waals surface area contributed by atoms with Crippen LogP contribution in [0, 0.1) is 0 Å². The summed E-state index contributed by atoms with van der Waals surface area (Å²) < 4.78 is 4.89. The molecule has 0 aromatic rings. The zero-order valence-electron chi connectivity index (χ0n) is 6.92. The van der Waals surface area contributed by atoms with Gasteiger partial charge in [0, 0.05) is 19.7 Å². The standard InChI is InChI=1S/C7H17NO2/c1-6(5-10-3)8-4-7(2)9/h6-9H,4-5H2,1-3H3/t6-,7+/m0/s1. The number of nitrogens with one attached hydrogen (secondary N) is 1. The van der Waals surface area contributed by atoms with E-state index in [0.29, 0.717) is 19.2 Å². The van der Waals surface area contributed by atoms with E-state index < -0.39 is 0 Å². The lowest BCUT2D eigenvalue weighted by molar-refractivity contribution is 0.151. The highest BCUT2D eigenvalue weighted by atomic mass is 16.5. The summed E-state index contributed by atoms with van der Waals surface area (Å²) in [5, 5.41) is 12.0. The van der Waals surface area contributed by atoms with Gasteiger partial charge in [0.15, 0.2) is 0 Å². The number of aliphatic hydroxyl groups is 1. The molecule has 0 bridgehead atoms. The van der Waals surface area contributed by atoms with Crippen molar-refractivity contribution >= 4 is 0 Å². The van der Waals surface area contributed by atoms with Crippen LogP contribution in [-0.2, 0) is 4.74 Å². The quantitative estimate of drug-likeness (QED) is 0.575. The topological polar surface area (TPSA) is 41.5 Å². The maximum atomic E-state index is 8.87. The van der Waals surface area contributed by atoms with Crippen LogP contribution in [0.25, 0.3) is 0 Å². The van der Waals surface area contributed by atoms with E-state index in [9.17, 15) is 0 Å². The summed E-state index contributed by atoms with van der Waals surface area (Å²) >= 11 is 0. The van der Waals surface area contributed by atoms with E-state index in [1.165, 1.54) is 0 Å². The molecule has 0 saturated heterocycles. The number of ether oxygens (including phenoxy) is 1. The van der Waals surface area contributed by atoms with E-state index in [4.69, 9.17) is 9.84 Å². The summed E-state index contributed by atoms with van der Waals surface area (Å²) in [4.78, 5) is 0. The summed E-state index contributed by atoms with van der Waals surface area (Å²) in [6, 6.07) is 0.319. The molecular formula is C7H17NO2. The Morgan fingerprint density at radius 1 is 1.50 bits per heavy atom. The Morgan fingerprint density at radius 3 is 2.50 bits per heavy atom. The molecule has 0 aliphatic carbocycles. The van der Waals surface area contributed by atoms with Crippen LogP contribution >= 0.6 is 0 Å². The van der Waals surface area contributed by atoms with Gasteiger partial charge < -0.3 is 15.2 Å². The second-order valence-corrected chi connectivity index (χ2v) is 2.61. The zero-order valence-corrected chi connectivity index (χ0v) is 6.92. The molecule has 2 N–H and O–H groups in total. The van der Waals surface area contributed by atoms with Gasteiger partial charge in [-0.1, -0.05) is 0 Å². The summed E-state index contributed by atoms with van der Waals surface area (Å²) in [5.41, 5.74) is 0. The first-order valence-electron chi connectivity index (χ1n) is 3.57. The Kier molecular flexibility index (Phi) is 5.58. The molecule has 0 aliphatic rings. The van der Waals surface area contributed by atoms with Crippen LogP contribution in [0.5, 0.6) is 0 Å². The zero-order chi connectivity index (χ0) is 7.98. The van der Waals surface area contributed by atoms with Crippen LogP contribution in [0.1, 0.15) is 13.8 Å². The van der Waals surface area contributed by atoms with Gasteiger partial charge >= 0.3 is 0 Å². The van der Waals surface area contributed by atoms with Crippen molar-refractivity contribution < 1.29 is 9.84 Å². The third-order valence-electron chi connectivity index (χ3n) is 1.18. The first-order valence-corrected chi connectivity index (χ1v) is 3.57. The van der Waals surface area contributed by atoms with Gasteiger partial charge in [0.25, 0.3) is 0 Å². The van der Waals surface area contributed by atoms with Crippen molar-refractivity contribution in [2.75, 3.05) is 20.3 Å². The lowest BCUT2D eigenvalue weighted by Gasteiger charge is -2.13. The summed E-state index contributed by atoms with van der Waals surface area (Å²) in [6.45, 7) is 5.09. The molecule has 3 nitrogen and oxygen atoms in total. The first kappa shape index (κ1) is 9.88. The summed E-state index contributed by atoms with van der Waals surface area (Å²) in [5.74, 6) is 0. The Bertz CT molecular complexity index is 76.0. The average molecular weight is 147 g/mol. The molecule has 2 atom stereocenters. The molecule has 0 rings (SSSR count). The maximum absolute atomic E-state index is 8.87. The normalized spacial score (nSPS) is 16.8. The molecule has 0 spiro atoms. The molecule has 3 heteroatoms. The van der Waals surface area contributed by atoms with Crippen molar-refractivity contribution in [1.82, 2.24) is 5.32 Å². The minimum absolute atomic E-state index is 0.278. The van der Waals surface area contributed by atoms with Gasteiger partial charge in [0.1, 0.15) is 0 Å². The van der Waals surface area contributed by atoms with Crippen molar-refractivity contribution in [1.29, 1.82) is 0 Å². The van der Waals surface area contributed by atoms with Crippen LogP contribution in [0.4, 0.5) is 0 Å². The lowest BCUT2D eigenvalue weighted by Crippen LogP contribution is -2.35. The fourth-order valence-electron chi connectivity index (χ4n) is 0.681. The van der Waals surface area contributed by atoms with E-state index in [1.807, 2.05) is 6.92 Å². The predicted octanol–water partition coefficient (Wildman–Crippen LogP) is -0.00830. The minimum atomic E-state index is -0.278. The van der Waals surface area contributed by atoms with Crippen LogP contribution in [0.3, 0.4) is 0 Å². The number of methoxy groups -OCH3 is 1. The average Bonchev–Trinajstić information content (AvgIpc) is 1.85. The van der Waals surface area contributed by atoms with Gasteiger partial charge in [-0.05, 0) is 13.8 Å². The van der Waals surface area contributed by atoms with Crippen LogP contribution in [0.2, 0.25) is 0 Å². The number of aliphatic hydroxyl groups excluding tert-OH is 1. The highest BCUT2D eigenvalue weighted by Crippen LogP contribution is 1.83. The fraction of sp³-hybridized carbons (Fsp3) is 1.00. The molecule has 0 heterocycles. The van der Waals surface area contributed by atoms with E-state index >= 15 is 0 Å². The Labute approximate surface area is 62.4 Å². The molecule has 0 aromatic heterocycles. The summed E-state index contributed by atoms with van der Waals surface area (Å²) in [7, 11) is 1.67. The second-order valence-electron chi connectivity index (χ2n) is 2.61. The van der Waals surface area contributed by atoms with Crippen molar-refractivity contribution in [2.24, 2.45) is 0 Å². The molecule has 0 radical (unpaired) electrons. The fourth-order valence-corrected chi connectivity index (χ4v) is 0.681. The Morgan fingerprint density at radius 2 is 2.10 bits per heavy atom. The van der Waals surface area contributed by atoms with Gasteiger partial charge in [0.05, 0.1) is 12.7 Å². The molecule has 0 unspecified atom stereocenters. The molecular weight excluding hydrogens is 130 g/mol. The van der Waals surface area contributed by atoms with Gasteiger partial charge in [-0.15, -0.1) is 0 Å².